The Labute approximate surface area is 674 Å². The van der Waals surface area contributed by atoms with E-state index >= 15 is 0 Å². The number of amides is 4. The maximum atomic E-state index is 14.3. The fourth-order valence-electron chi connectivity index (χ4n) is 7.65. The molecule has 4 aliphatic heterocycles. The third-order valence-corrected chi connectivity index (χ3v) is 18.4. The molecular formula is C54H63Ac4F4N10O12PS4-4. The number of rotatable bonds is 21. The number of methoxy groups -OCH3 is 1. The number of carbonyl (C=O) groups is 5. The number of cyclic esters (lactones) is 4. The summed E-state index contributed by atoms with van der Waals surface area (Å²) in [6.45, 7) is 9.95. The van der Waals surface area contributed by atoms with E-state index in [2.05, 4.69) is 14.7 Å². The van der Waals surface area contributed by atoms with Crippen LogP contribution in [0.2, 0.25) is 0 Å². The number of carbonyl (C=O) groups excluding carboxylic acids is 5. The van der Waals surface area contributed by atoms with Crippen molar-refractivity contribution in [3.8, 4) is 0 Å². The molecule has 0 unspecified atom stereocenters. The standard InChI is InChI=1S/C15H18FN2O3S.C14H19FN2O3PS.C13H16FN2O3S.C12H10FN4O3S.4Ac/c1-9(19)15(2,3)22-13-5-4-10(6-12(13)16)18-8-11(7-17)21-14(18)20;1-21(2,19)5-6-22-13-4-3-10(7-12(13)15)17-9-11(8-16)20-14(17)18;1-18-4-5-20-12-3-2-9(6-11(12)14)16-8-10(7-15)19-13(16)17;13-9-3-7(17-5-8(4-14)20-12(17)18)1-2-10(9)21-11-15-6-19-16-11;;;;/h4-6,11,17H,7-8H2,1-3H3;3-4,7,11,16H,5-6,8-9H2,1-2H3;2-3,6,10,15H,4-5,7-8H2,1H3;1-3,6,8,14H,4-5H2;;;;/q4*-1;;;;/t2*11-;10-;8-;;;;/m0000..../s1. The maximum absolute atomic E-state index is 14.3. The Morgan fingerprint density at radius 1 is 0.596 bits per heavy atom. The molecule has 474 valence electrons. The number of nitrogens with one attached hydrogen (secondary N) is 4. The average Bonchev–Trinajstić information content (AvgIpc) is 2.02. The van der Waals surface area contributed by atoms with E-state index in [9.17, 15) is 46.1 Å². The summed E-state index contributed by atoms with van der Waals surface area (Å²) in [5.74, 6) is -0.546. The van der Waals surface area contributed by atoms with Crippen LogP contribution in [0.15, 0.2) is 108 Å². The molecule has 22 nitrogen and oxygen atoms in total. The largest absolute Gasteiger partial charge is 0.674 e. The van der Waals surface area contributed by atoms with Gasteiger partial charge in [0.2, 0.25) is 11.6 Å². The van der Waals surface area contributed by atoms with Crippen LogP contribution < -0.4 is 19.6 Å². The van der Waals surface area contributed by atoms with Crippen LogP contribution in [0.3, 0.4) is 0 Å². The number of aromatic nitrogens is 2. The topological polar surface area (TPSA) is 296 Å². The fourth-order valence-corrected chi connectivity index (χ4v) is 12.8. The molecule has 35 heteroatoms. The Hall–Kier alpha value is -0.314. The van der Waals surface area contributed by atoms with E-state index in [0.29, 0.717) is 71.8 Å². The molecular weight excluding hydrogens is 2120 g/mol. The second kappa shape index (κ2) is 41.1. The predicted octanol–water partition coefficient (Wildman–Crippen LogP) is 13.3. The zero-order chi connectivity index (χ0) is 62.2. The van der Waals surface area contributed by atoms with E-state index in [1.807, 2.05) is 0 Å². The molecule has 4 aromatic carbocycles. The van der Waals surface area contributed by atoms with Crippen molar-refractivity contribution in [2.45, 2.75) is 74.7 Å². The number of hydrogen-bond donors (Lipinski definition) is 0. The van der Waals surface area contributed by atoms with Gasteiger partial charge in [0.15, 0.2) is 0 Å². The molecule has 0 bridgehead atoms. The number of halogens is 4. The van der Waals surface area contributed by atoms with E-state index < -0.39 is 78.1 Å². The van der Waals surface area contributed by atoms with Crippen molar-refractivity contribution < 1.29 is 251 Å². The SMILES string of the molecule is CC(=O)C(C)(C)Sc1ccc(N2C[C@H](C[NH-])OC2=O)cc1F.COCCSc1ccc(N2C[C@H](C[NH-])OC2=O)cc1F.CP(C)(=O)CCSc1ccc(N2C[C@H](C[NH-])OC2=O)cc1F.[Ac].[Ac].[Ac].[Ac].[NH-]C[C@H]1CN(c2ccc(Sc3ncon3)c(F)c2)C(=O)O1. The zero-order valence-corrected chi connectivity index (χ0v) is 72.4. The van der Waals surface area contributed by atoms with E-state index in [4.69, 9.17) is 46.6 Å². The van der Waals surface area contributed by atoms with Gasteiger partial charge in [-0.1, -0.05) is 5.16 Å². The Morgan fingerprint density at radius 2 is 0.933 bits per heavy atom. The molecule has 89 heavy (non-hydrogen) atoms. The molecule has 9 rings (SSSR count). The van der Waals surface area contributed by atoms with Crippen molar-refractivity contribution in [1.29, 1.82) is 0 Å². The first-order valence-corrected chi connectivity index (χ1v) is 32.4. The third kappa shape index (κ3) is 25.9. The molecule has 4 atom stereocenters. The van der Waals surface area contributed by atoms with Crippen LogP contribution in [-0.4, -0.2) is 167 Å². The van der Waals surface area contributed by atoms with Crippen LogP contribution in [0.5, 0.6) is 0 Å². The molecule has 0 saturated carbocycles. The number of anilines is 4. The molecule has 0 spiro atoms. The summed E-state index contributed by atoms with van der Waals surface area (Å²) in [6, 6.07) is 18.1. The van der Waals surface area contributed by atoms with Gasteiger partial charge in [0.05, 0.1) is 72.3 Å². The number of ketones is 1. The van der Waals surface area contributed by atoms with Crippen molar-refractivity contribution in [2.75, 3.05) is 117 Å². The number of benzene rings is 4. The minimum absolute atomic E-state index is 0. The quantitative estimate of drug-likeness (QED) is 0.0217. The summed E-state index contributed by atoms with van der Waals surface area (Å²) >= 11 is 4.85. The Kier molecular flexibility index (Phi) is 39.1. The number of nitrogens with zero attached hydrogens (tertiary/aromatic N) is 6. The van der Waals surface area contributed by atoms with Gasteiger partial charge >= 0.3 is 24.4 Å². The smallest absolute Gasteiger partial charge is 0.414 e. The maximum Gasteiger partial charge on any atom is 0.414 e. The normalized spacial score (nSPS) is 17.6. The fraction of sp³-hybridized carbons (Fsp3) is 0.426. The number of thioether (sulfide) groups is 3. The molecule has 4 N–H and O–H groups in total. The Morgan fingerprint density at radius 3 is 1.21 bits per heavy atom. The van der Waals surface area contributed by atoms with E-state index in [1.165, 1.54) is 80.4 Å². The van der Waals surface area contributed by atoms with E-state index in [-0.39, 0.29) is 240 Å². The summed E-state index contributed by atoms with van der Waals surface area (Å²) in [4.78, 5) is 69.0. The zero-order valence-electron chi connectivity index (χ0n) is 49.3. The summed E-state index contributed by atoms with van der Waals surface area (Å²) < 4.78 is 96.8. The van der Waals surface area contributed by atoms with Gasteiger partial charge in [-0.2, -0.15) is 4.98 Å². The van der Waals surface area contributed by atoms with E-state index in [0.717, 1.165) is 29.9 Å². The number of hydrogen-bond acceptors (Lipinski definition) is 18. The van der Waals surface area contributed by atoms with E-state index in [1.54, 1.807) is 76.8 Å². The summed E-state index contributed by atoms with van der Waals surface area (Å²) in [7, 11) is -0.495. The number of ether oxygens (including phenoxy) is 5. The van der Waals surface area contributed by atoms with Crippen molar-refractivity contribution in [3.05, 3.63) is 125 Å². The van der Waals surface area contributed by atoms with Crippen molar-refractivity contribution in [1.82, 2.24) is 10.1 Å². The molecule has 4 fully saturated rings. The molecule has 4 saturated heterocycles. The van der Waals surface area contributed by atoms with Crippen LogP contribution in [-0.2, 0) is 33.0 Å². The van der Waals surface area contributed by atoms with Crippen molar-refractivity contribution in [2.24, 2.45) is 0 Å². The molecule has 0 aliphatic carbocycles. The van der Waals surface area contributed by atoms with Gasteiger partial charge in [-0.15, -0.1) is 61.5 Å². The minimum Gasteiger partial charge on any atom is -0.674 e. The molecule has 4 amide bonds. The van der Waals surface area contributed by atoms with Crippen LogP contribution in [0.4, 0.5) is 59.5 Å². The van der Waals surface area contributed by atoms with Crippen molar-refractivity contribution >= 4 is 107 Å². The summed E-state index contributed by atoms with van der Waals surface area (Å²) in [5.41, 5.74) is 30.6. The van der Waals surface area contributed by atoms with Crippen molar-refractivity contribution in [3.63, 3.8) is 0 Å². The van der Waals surface area contributed by atoms with Gasteiger partial charge < -0.3 is 55.7 Å². The minimum atomic E-state index is -2.09. The Bertz CT molecular complexity index is 3200. The number of Topliss-reactive ketones (excluding diaryl/α,β-unsaturated/α-hetero) is 1. The van der Waals surface area contributed by atoms with Crippen LogP contribution >= 0.6 is 54.2 Å². The monoisotopic (exact) mass is 2190 g/mol. The molecule has 4 aliphatic rings. The van der Waals surface area contributed by atoms with Crippen LogP contribution in [0.25, 0.3) is 22.9 Å². The molecule has 1 aromatic heterocycles. The van der Waals surface area contributed by atoms with Gasteiger partial charge in [-0.25, -0.2) is 36.7 Å². The third-order valence-electron chi connectivity index (χ3n) is 12.5. The first kappa shape index (κ1) is 84.8. The predicted molar refractivity (Wildman–Crippen MR) is 319 cm³/mol. The van der Waals surface area contributed by atoms with Gasteiger partial charge in [0.1, 0.15) is 53.5 Å². The average molecular weight is 2190 g/mol. The summed E-state index contributed by atoms with van der Waals surface area (Å²) in [6.07, 6.45) is -2.36. The second-order valence-electron chi connectivity index (χ2n) is 19.7. The second-order valence-corrected chi connectivity index (χ2v) is 28.3. The molecule has 4 radical (unpaired) electrons. The van der Waals surface area contributed by atoms with Gasteiger partial charge in [0, 0.05) is 216 Å². The molecule has 5 heterocycles. The van der Waals surface area contributed by atoms with Gasteiger partial charge in [-0.3, -0.25) is 24.4 Å². The molecule has 5 aromatic rings. The van der Waals surface area contributed by atoms with Crippen LogP contribution in [0.1, 0.15) is 20.8 Å². The Balaban J connectivity index is 0.000000399. The first-order chi connectivity index (χ1) is 40.4. The van der Waals surface area contributed by atoms with Gasteiger partial charge in [-0.05, 0) is 119 Å². The van der Waals surface area contributed by atoms with Crippen LogP contribution in [0, 0.1) is 200 Å². The van der Waals surface area contributed by atoms with Gasteiger partial charge in [0.25, 0.3) is 0 Å². The first-order valence-electron chi connectivity index (χ1n) is 26.0. The summed E-state index contributed by atoms with van der Waals surface area (Å²) in [5, 5.41) is 3.89.